The Labute approximate surface area is 171 Å². The van der Waals surface area contributed by atoms with Crippen molar-refractivity contribution in [1.82, 2.24) is 10.2 Å². The van der Waals surface area contributed by atoms with Gasteiger partial charge in [-0.1, -0.05) is 12.1 Å². The molecule has 1 aromatic carbocycles. The summed E-state index contributed by atoms with van der Waals surface area (Å²) in [5.74, 6) is 0.0795. The number of hydrogen-bond donors (Lipinski definition) is 2. The van der Waals surface area contributed by atoms with Crippen molar-refractivity contribution < 1.29 is 32.6 Å². The third-order valence-corrected chi connectivity index (χ3v) is 4.51. The summed E-state index contributed by atoms with van der Waals surface area (Å²) in [6.45, 7) is 0. The van der Waals surface area contributed by atoms with Gasteiger partial charge < -0.3 is 20.0 Å². The lowest BCUT2D eigenvalue weighted by molar-refractivity contribution is -0.274. The van der Waals surface area contributed by atoms with Crippen LogP contribution in [0.2, 0.25) is 0 Å². The second-order valence-electron chi connectivity index (χ2n) is 6.80. The number of nitrogens with one attached hydrogen (secondary N) is 1. The summed E-state index contributed by atoms with van der Waals surface area (Å²) < 4.78 is 39.0. The summed E-state index contributed by atoms with van der Waals surface area (Å²) in [5.41, 5.74) is 1.43. The van der Waals surface area contributed by atoms with E-state index in [0.717, 1.165) is 30.8 Å². The summed E-state index contributed by atoms with van der Waals surface area (Å²) in [7, 11) is 1.80. The minimum atomic E-state index is -4.69. The maximum Gasteiger partial charge on any atom is 0.573 e. The molecule has 0 atom stereocenters. The number of carboxylic acids is 1. The van der Waals surface area contributed by atoms with Gasteiger partial charge >= 0.3 is 12.3 Å². The first-order chi connectivity index (χ1) is 14.2. The Balaban J connectivity index is 0.000000216. The second-order valence-corrected chi connectivity index (χ2v) is 6.80. The number of aldehydes is 1. The molecule has 30 heavy (non-hydrogen) atoms. The molecule has 162 valence electrons. The van der Waals surface area contributed by atoms with Crippen LogP contribution in [0.25, 0.3) is 0 Å². The monoisotopic (exact) mass is 425 g/mol. The first-order valence-electron chi connectivity index (χ1n) is 9.21. The van der Waals surface area contributed by atoms with Crippen LogP contribution in [0.5, 0.6) is 5.75 Å². The van der Waals surface area contributed by atoms with E-state index in [1.54, 1.807) is 13.1 Å². The van der Waals surface area contributed by atoms with Gasteiger partial charge in [0.05, 0.1) is 11.6 Å². The Kier molecular flexibility index (Phi) is 8.14. The Morgan fingerprint density at radius 2 is 2.00 bits per heavy atom. The number of nitrogens with zero attached hydrogens (tertiary/aromatic N) is 2. The molecule has 1 aromatic heterocycles. The number of aliphatic carboxylic acids is 1. The van der Waals surface area contributed by atoms with Crippen molar-refractivity contribution in [2.75, 3.05) is 12.4 Å². The minimum Gasteiger partial charge on any atom is -0.481 e. The molecule has 2 N–H and O–H groups in total. The molecule has 0 aliphatic heterocycles. The smallest absolute Gasteiger partial charge is 0.481 e. The molecule has 0 spiro atoms. The number of aromatic nitrogens is 2. The molecule has 0 amide bonds. The van der Waals surface area contributed by atoms with Gasteiger partial charge in [-0.15, -0.1) is 18.3 Å². The van der Waals surface area contributed by atoms with E-state index in [0.29, 0.717) is 17.8 Å². The molecule has 10 heteroatoms. The van der Waals surface area contributed by atoms with Crippen molar-refractivity contribution in [1.29, 1.82) is 0 Å². The van der Waals surface area contributed by atoms with Crippen LogP contribution in [0.4, 0.5) is 19.0 Å². The number of rotatable bonds is 7. The topological polar surface area (TPSA) is 101 Å². The number of anilines is 1. The Morgan fingerprint density at radius 3 is 2.53 bits per heavy atom. The highest BCUT2D eigenvalue weighted by atomic mass is 19.4. The van der Waals surface area contributed by atoms with Gasteiger partial charge in [0.25, 0.3) is 0 Å². The van der Waals surface area contributed by atoms with Crippen LogP contribution in [0.1, 0.15) is 24.1 Å². The van der Waals surface area contributed by atoms with E-state index in [9.17, 15) is 22.8 Å². The first-order valence-corrected chi connectivity index (χ1v) is 9.21. The fraction of sp³-hybridized carbons (Fsp3) is 0.400. The molecule has 1 aliphatic carbocycles. The van der Waals surface area contributed by atoms with Gasteiger partial charge in [-0.3, -0.25) is 4.79 Å². The van der Waals surface area contributed by atoms with E-state index in [-0.39, 0.29) is 18.1 Å². The van der Waals surface area contributed by atoms with Gasteiger partial charge in [0.15, 0.2) is 0 Å². The van der Waals surface area contributed by atoms with Crippen LogP contribution in [0.15, 0.2) is 36.4 Å². The van der Waals surface area contributed by atoms with Crippen molar-refractivity contribution in [3.8, 4) is 5.75 Å². The number of carbonyl (C=O) groups is 2. The van der Waals surface area contributed by atoms with Crippen LogP contribution in [0, 0.1) is 11.8 Å². The normalized spacial score (nSPS) is 17.7. The average molecular weight is 425 g/mol. The maximum atomic E-state index is 11.8. The molecule has 7 nitrogen and oxygen atoms in total. The summed E-state index contributed by atoms with van der Waals surface area (Å²) in [6, 6.07) is 9.14. The highest BCUT2D eigenvalue weighted by Crippen LogP contribution is 2.35. The number of alkyl halides is 3. The second kappa shape index (κ2) is 10.6. The summed E-state index contributed by atoms with van der Waals surface area (Å²) in [6.07, 6.45) is -1.63. The third-order valence-electron chi connectivity index (χ3n) is 4.51. The van der Waals surface area contributed by atoms with Crippen molar-refractivity contribution in [3.63, 3.8) is 0 Å². The Bertz CT molecular complexity index is 838. The van der Waals surface area contributed by atoms with E-state index in [4.69, 9.17) is 5.11 Å². The summed E-state index contributed by atoms with van der Waals surface area (Å²) in [4.78, 5) is 20.7. The summed E-state index contributed by atoms with van der Waals surface area (Å²) >= 11 is 0. The first kappa shape index (κ1) is 23.1. The van der Waals surface area contributed by atoms with E-state index in [1.165, 1.54) is 18.2 Å². The van der Waals surface area contributed by atoms with Crippen LogP contribution < -0.4 is 10.1 Å². The maximum absolute atomic E-state index is 11.8. The molecule has 1 heterocycles. The van der Waals surface area contributed by atoms with Crippen LogP contribution in [-0.2, 0) is 22.4 Å². The molecule has 1 aliphatic rings. The van der Waals surface area contributed by atoms with E-state index in [2.05, 4.69) is 20.3 Å². The molecule has 1 saturated carbocycles. The highest BCUT2D eigenvalue weighted by Gasteiger charge is 2.34. The lowest BCUT2D eigenvalue weighted by Gasteiger charge is -2.31. The number of hydrogen-bond acceptors (Lipinski definition) is 6. The largest absolute Gasteiger partial charge is 0.573 e. The quantitative estimate of drug-likeness (QED) is 0.655. The lowest BCUT2D eigenvalue weighted by atomic mass is 9.73. The number of carboxylic acid groups (broad SMARTS) is 1. The molecule has 1 fully saturated rings. The summed E-state index contributed by atoms with van der Waals surface area (Å²) in [5, 5.41) is 19.7. The molecule has 2 aromatic rings. The van der Waals surface area contributed by atoms with Gasteiger partial charge in [-0.05, 0) is 55.0 Å². The number of halogens is 3. The van der Waals surface area contributed by atoms with E-state index < -0.39 is 12.3 Å². The molecule has 0 saturated heterocycles. The fourth-order valence-corrected chi connectivity index (χ4v) is 2.97. The van der Waals surface area contributed by atoms with Crippen LogP contribution in [0.3, 0.4) is 0 Å². The van der Waals surface area contributed by atoms with Crippen molar-refractivity contribution in [3.05, 3.63) is 47.7 Å². The fourth-order valence-electron chi connectivity index (χ4n) is 2.97. The van der Waals surface area contributed by atoms with Crippen LogP contribution in [-0.4, -0.2) is 41.0 Å². The molecular weight excluding hydrogens is 403 g/mol. The Morgan fingerprint density at radius 1 is 1.27 bits per heavy atom. The number of ether oxygens (including phenoxy) is 1. The predicted octanol–water partition coefficient (Wildman–Crippen LogP) is 3.50. The zero-order chi connectivity index (χ0) is 22.1. The average Bonchev–Trinajstić information content (AvgIpc) is 2.64. The standard InChI is InChI=1S/C11H15N3O2.C9H7F3O2/c1-12-10-3-2-9(13-14-10)6-7-4-8(5-7)11(15)16;10-9(11,12)14-8-3-1-2-7(6-8)4-5-13/h2-3,7-8H,4-6H2,1H3,(H,12,14)(H,15,16);1-3,5-6H,4H2. The third kappa shape index (κ3) is 7.69. The van der Waals surface area contributed by atoms with Crippen molar-refractivity contribution in [2.24, 2.45) is 11.8 Å². The van der Waals surface area contributed by atoms with Crippen molar-refractivity contribution >= 4 is 18.1 Å². The van der Waals surface area contributed by atoms with Gasteiger partial charge in [0, 0.05) is 13.5 Å². The zero-order valence-corrected chi connectivity index (χ0v) is 16.2. The number of benzene rings is 1. The molecule has 3 rings (SSSR count). The van der Waals surface area contributed by atoms with Crippen LogP contribution >= 0.6 is 0 Å². The Hall–Kier alpha value is -3.17. The minimum absolute atomic E-state index is 0.0784. The molecule has 0 bridgehead atoms. The SMILES string of the molecule is CNc1ccc(CC2CC(C(=O)O)C2)nn1.O=CCc1cccc(OC(F)(F)F)c1. The molecule has 0 unspecified atom stereocenters. The molecule has 0 radical (unpaired) electrons. The predicted molar refractivity (Wildman–Crippen MR) is 102 cm³/mol. The lowest BCUT2D eigenvalue weighted by Crippen LogP contribution is -2.31. The van der Waals surface area contributed by atoms with Gasteiger partial charge in [0.2, 0.25) is 0 Å². The highest BCUT2D eigenvalue weighted by molar-refractivity contribution is 5.71. The van der Waals surface area contributed by atoms with E-state index >= 15 is 0 Å². The zero-order valence-electron chi connectivity index (χ0n) is 16.2. The number of carbonyl (C=O) groups excluding carboxylic acids is 1. The van der Waals surface area contributed by atoms with E-state index in [1.807, 2.05) is 12.1 Å². The van der Waals surface area contributed by atoms with Gasteiger partial charge in [0.1, 0.15) is 17.9 Å². The molecular formula is C20H22F3N3O4. The van der Waals surface area contributed by atoms with Crippen molar-refractivity contribution in [2.45, 2.75) is 32.0 Å². The van der Waals surface area contributed by atoms with Gasteiger partial charge in [-0.25, -0.2) is 0 Å². The van der Waals surface area contributed by atoms with Gasteiger partial charge in [-0.2, -0.15) is 5.10 Å².